The Bertz CT molecular complexity index is 492. The molecule has 0 aliphatic rings. The van der Waals surface area contributed by atoms with Crippen LogP contribution >= 0.6 is 0 Å². The molecule has 0 bridgehead atoms. The maximum absolute atomic E-state index is 13.3. The molecule has 2 rings (SSSR count). The van der Waals surface area contributed by atoms with Crippen molar-refractivity contribution in [2.75, 3.05) is 0 Å². The fourth-order valence-electron chi connectivity index (χ4n) is 1.39. The monoisotopic (exact) mass is 208 g/mol. The largest absolute Gasteiger partial charge is 0.207 e. The molecule has 0 saturated carbocycles. The molecule has 2 aromatic carbocycles. The Balaban J connectivity index is 2.60. The maximum Gasteiger partial charge on any atom is 0.134 e. The summed E-state index contributed by atoms with van der Waals surface area (Å²) in [6.07, 6.45) is 0. The van der Waals surface area contributed by atoms with E-state index in [1.54, 1.807) is 6.07 Å². The highest BCUT2D eigenvalue weighted by Gasteiger charge is 2.09. The first-order valence-corrected chi connectivity index (χ1v) is 4.38. The van der Waals surface area contributed by atoms with E-state index < -0.39 is 17.5 Å². The topological polar surface area (TPSA) is 0 Å². The van der Waals surface area contributed by atoms with Crippen LogP contribution in [0.3, 0.4) is 0 Å². The zero-order valence-corrected chi connectivity index (χ0v) is 7.68. The van der Waals surface area contributed by atoms with Crippen LogP contribution in [0.5, 0.6) is 0 Å². The molecule has 15 heavy (non-hydrogen) atoms. The number of benzene rings is 2. The molecule has 0 N–H and O–H groups in total. The summed E-state index contributed by atoms with van der Waals surface area (Å²) in [5.74, 6) is -1.96. The lowest BCUT2D eigenvalue weighted by Gasteiger charge is -2.04. The lowest BCUT2D eigenvalue weighted by atomic mass is 10.0. The molecule has 76 valence electrons. The van der Waals surface area contributed by atoms with E-state index in [2.05, 4.69) is 0 Å². The lowest BCUT2D eigenvalue weighted by Crippen LogP contribution is -1.89. The Hall–Kier alpha value is -1.77. The van der Waals surface area contributed by atoms with Crippen molar-refractivity contribution in [3.63, 3.8) is 0 Å². The molecule has 0 amide bonds. The second-order valence-corrected chi connectivity index (χ2v) is 3.10. The average Bonchev–Trinajstić information content (AvgIpc) is 2.20. The molecule has 0 unspecified atom stereocenters. The van der Waals surface area contributed by atoms with Crippen molar-refractivity contribution in [3.05, 3.63) is 59.9 Å². The van der Waals surface area contributed by atoms with Gasteiger partial charge in [0, 0.05) is 17.2 Å². The summed E-state index contributed by atoms with van der Waals surface area (Å²) in [5.41, 5.74) is 0.199. The van der Waals surface area contributed by atoms with Crippen LogP contribution in [0.2, 0.25) is 0 Å². The van der Waals surface area contributed by atoms with E-state index in [9.17, 15) is 13.2 Å². The van der Waals surface area contributed by atoms with Gasteiger partial charge in [0.15, 0.2) is 0 Å². The molecule has 0 radical (unpaired) electrons. The van der Waals surface area contributed by atoms with Gasteiger partial charge < -0.3 is 0 Å². The fraction of sp³-hybridized carbons (Fsp3) is 0. The summed E-state index contributed by atoms with van der Waals surface area (Å²) in [6, 6.07) is 8.86. The Kier molecular flexibility index (Phi) is 2.46. The molecule has 0 aliphatic heterocycles. The predicted molar refractivity (Wildman–Crippen MR) is 51.8 cm³/mol. The van der Waals surface area contributed by atoms with E-state index in [1.165, 1.54) is 24.3 Å². The molecule has 0 heterocycles. The Morgan fingerprint density at radius 3 is 2.00 bits per heavy atom. The van der Waals surface area contributed by atoms with Crippen molar-refractivity contribution in [1.82, 2.24) is 0 Å². The van der Waals surface area contributed by atoms with E-state index in [0.717, 1.165) is 12.1 Å². The second-order valence-electron chi connectivity index (χ2n) is 3.10. The van der Waals surface area contributed by atoms with E-state index in [0.29, 0.717) is 0 Å². The molecule has 0 aliphatic carbocycles. The molecule has 3 heteroatoms. The van der Waals surface area contributed by atoms with E-state index >= 15 is 0 Å². The van der Waals surface area contributed by atoms with Gasteiger partial charge in [-0.15, -0.1) is 0 Å². The van der Waals surface area contributed by atoms with Gasteiger partial charge in [-0.25, -0.2) is 13.2 Å². The van der Waals surface area contributed by atoms with Crippen molar-refractivity contribution in [2.24, 2.45) is 0 Å². The predicted octanol–water partition coefficient (Wildman–Crippen LogP) is 3.77. The van der Waals surface area contributed by atoms with Gasteiger partial charge in [0.25, 0.3) is 0 Å². The zero-order chi connectivity index (χ0) is 10.8. The van der Waals surface area contributed by atoms with Crippen LogP contribution in [0.4, 0.5) is 13.2 Å². The first kappa shape index (κ1) is 9.77. The highest BCUT2D eigenvalue weighted by atomic mass is 19.1. The highest BCUT2D eigenvalue weighted by molar-refractivity contribution is 5.64. The summed E-state index contributed by atoms with van der Waals surface area (Å²) >= 11 is 0. The third-order valence-electron chi connectivity index (χ3n) is 2.10. The second kappa shape index (κ2) is 3.77. The average molecular weight is 208 g/mol. The Morgan fingerprint density at radius 2 is 1.33 bits per heavy atom. The molecule has 0 atom stereocenters. The van der Waals surface area contributed by atoms with Crippen molar-refractivity contribution in [1.29, 1.82) is 0 Å². The summed E-state index contributed by atoms with van der Waals surface area (Å²) < 4.78 is 39.2. The minimum absolute atomic E-state index is 0.0644. The molecule has 2 aromatic rings. The molecule has 0 fully saturated rings. The van der Waals surface area contributed by atoms with Gasteiger partial charge in [-0.05, 0) is 18.2 Å². The van der Waals surface area contributed by atoms with E-state index in [1.807, 2.05) is 0 Å². The van der Waals surface area contributed by atoms with Gasteiger partial charge in [-0.2, -0.15) is 0 Å². The molecular weight excluding hydrogens is 201 g/mol. The summed E-state index contributed by atoms with van der Waals surface area (Å²) in [6.45, 7) is 0. The number of hydrogen-bond acceptors (Lipinski definition) is 0. The van der Waals surface area contributed by atoms with E-state index in [-0.39, 0.29) is 11.1 Å². The fourth-order valence-corrected chi connectivity index (χ4v) is 1.39. The molecule has 0 spiro atoms. The molecular formula is C12H7F3. The Labute approximate surface area is 85.0 Å². The highest BCUT2D eigenvalue weighted by Crippen LogP contribution is 2.25. The van der Waals surface area contributed by atoms with Gasteiger partial charge in [0.1, 0.15) is 17.5 Å². The van der Waals surface area contributed by atoms with Crippen LogP contribution in [-0.4, -0.2) is 0 Å². The lowest BCUT2D eigenvalue weighted by molar-refractivity contribution is 0.582. The summed E-state index contributed by atoms with van der Waals surface area (Å²) in [4.78, 5) is 0. The van der Waals surface area contributed by atoms with Crippen LogP contribution in [0.1, 0.15) is 0 Å². The van der Waals surface area contributed by atoms with Gasteiger partial charge in [-0.3, -0.25) is 0 Å². The normalized spacial score (nSPS) is 10.3. The van der Waals surface area contributed by atoms with Crippen molar-refractivity contribution >= 4 is 0 Å². The van der Waals surface area contributed by atoms with Gasteiger partial charge in [-0.1, -0.05) is 18.2 Å². The van der Waals surface area contributed by atoms with Crippen LogP contribution in [-0.2, 0) is 0 Å². The number of hydrogen-bond donors (Lipinski definition) is 0. The first-order chi connectivity index (χ1) is 7.18. The van der Waals surface area contributed by atoms with Gasteiger partial charge >= 0.3 is 0 Å². The third kappa shape index (κ3) is 1.86. The third-order valence-corrected chi connectivity index (χ3v) is 2.10. The molecule has 0 saturated heterocycles. The van der Waals surface area contributed by atoms with Crippen molar-refractivity contribution in [3.8, 4) is 11.1 Å². The molecule has 0 aromatic heterocycles. The Morgan fingerprint density at radius 1 is 0.667 bits per heavy atom. The summed E-state index contributed by atoms with van der Waals surface area (Å²) in [7, 11) is 0. The van der Waals surface area contributed by atoms with Crippen molar-refractivity contribution < 1.29 is 13.2 Å². The van der Waals surface area contributed by atoms with Crippen LogP contribution in [0.15, 0.2) is 42.5 Å². The standard InChI is InChI=1S/C12H7F3/c13-8-5-6-10(12(15)7-8)9-3-1-2-4-11(9)14/h1-7H. The van der Waals surface area contributed by atoms with Crippen LogP contribution in [0.25, 0.3) is 11.1 Å². The smallest absolute Gasteiger partial charge is 0.134 e. The summed E-state index contributed by atoms with van der Waals surface area (Å²) in [5, 5.41) is 0. The van der Waals surface area contributed by atoms with Gasteiger partial charge in [0.05, 0.1) is 0 Å². The van der Waals surface area contributed by atoms with Crippen LogP contribution in [0, 0.1) is 17.5 Å². The number of halogens is 3. The maximum atomic E-state index is 13.3. The van der Waals surface area contributed by atoms with Crippen molar-refractivity contribution in [2.45, 2.75) is 0 Å². The SMILES string of the molecule is Fc1ccc(-c2ccccc2F)c(F)c1. The molecule has 0 nitrogen and oxygen atoms in total. The van der Waals surface area contributed by atoms with E-state index in [4.69, 9.17) is 0 Å². The number of rotatable bonds is 1. The van der Waals surface area contributed by atoms with Gasteiger partial charge in [0.2, 0.25) is 0 Å². The zero-order valence-electron chi connectivity index (χ0n) is 7.68. The van der Waals surface area contributed by atoms with Crippen LogP contribution < -0.4 is 0 Å². The first-order valence-electron chi connectivity index (χ1n) is 4.38. The minimum atomic E-state index is -0.764. The quantitative estimate of drug-likeness (QED) is 0.669. The minimum Gasteiger partial charge on any atom is -0.207 e.